The molecule has 1 aliphatic heterocycles. The highest BCUT2D eigenvalue weighted by molar-refractivity contribution is 9.11. The molecule has 7 heteroatoms. The van der Waals surface area contributed by atoms with E-state index in [-0.39, 0.29) is 19.1 Å². The van der Waals surface area contributed by atoms with Crippen molar-refractivity contribution in [3.8, 4) is 0 Å². The molecule has 1 fully saturated rings. The summed E-state index contributed by atoms with van der Waals surface area (Å²) in [4.78, 5) is 23.2. The predicted molar refractivity (Wildman–Crippen MR) is 69.8 cm³/mol. The van der Waals surface area contributed by atoms with Gasteiger partial charge in [-0.1, -0.05) is 0 Å². The smallest absolute Gasteiger partial charge is 0.313 e. The molecule has 0 bridgehead atoms. The molecule has 18 heavy (non-hydrogen) atoms. The standard InChI is InChI=1S/C11H12BrNO4S/c1-11(10(15)16)5-17-3-7(11)13-9(14)6-2-8(12)18-4-6/h2,4,7H,3,5H2,1H3,(H,13,14)(H,15,16). The van der Waals surface area contributed by atoms with E-state index < -0.39 is 17.4 Å². The lowest BCUT2D eigenvalue weighted by atomic mass is 9.85. The normalized spacial score (nSPS) is 27.1. The number of carbonyl (C=O) groups excluding carboxylic acids is 1. The minimum Gasteiger partial charge on any atom is -0.481 e. The fraction of sp³-hybridized carbons (Fsp3) is 0.455. The molecule has 2 N–H and O–H groups in total. The third-order valence-electron chi connectivity index (χ3n) is 3.08. The van der Waals surface area contributed by atoms with Crippen molar-refractivity contribution in [2.45, 2.75) is 13.0 Å². The zero-order chi connectivity index (χ0) is 13.3. The lowest BCUT2D eigenvalue weighted by molar-refractivity contribution is -0.148. The first-order chi connectivity index (χ1) is 8.43. The summed E-state index contributed by atoms with van der Waals surface area (Å²) in [6.07, 6.45) is 0. The molecular weight excluding hydrogens is 322 g/mol. The molecule has 1 aromatic rings. The maximum absolute atomic E-state index is 12.0. The van der Waals surface area contributed by atoms with Gasteiger partial charge in [0.2, 0.25) is 0 Å². The minimum absolute atomic E-state index is 0.112. The van der Waals surface area contributed by atoms with Crippen LogP contribution in [0.4, 0.5) is 0 Å². The number of carboxylic acids is 1. The number of carbonyl (C=O) groups is 2. The van der Waals surface area contributed by atoms with Gasteiger partial charge in [0.1, 0.15) is 5.41 Å². The van der Waals surface area contributed by atoms with Gasteiger partial charge in [0.25, 0.3) is 5.91 Å². The first-order valence-corrected chi connectivity index (χ1v) is 6.97. The van der Waals surface area contributed by atoms with E-state index in [0.29, 0.717) is 5.56 Å². The number of hydrogen-bond acceptors (Lipinski definition) is 4. The fourth-order valence-electron chi connectivity index (χ4n) is 1.76. The van der Waals surface area contributed by atoms with Crippen LogP contribution in [-0.2, 0) is 9.53 Å². The van der Waals surface area contributed by atoms with E-state index >= 15 is 0 Å². The van der Waals surface area contributed by atoms with E-state index in [9.17, 15) is 14.7 Å². The zero-order valence-electron chi connectivity index (χ0n) is 9.60. The number of ether oxygens (including phenoxy) is 1. The third kappa shape index (κ3) is 2.43. The van der Waals surface area contributed by atoms with Gasteiger partial charge in [-0.15, -0.1) is 11.3 Å². The molecular formula is C11H12BrNO4S. The van der Waals surface area contributed by atoms with Crippen LogP contribution in [0.2, 0.25) is 0 Å². The Morgan fingerprint density at radius 2 is 2.39 bits per heavy atom. The Bertz CT molecular complexity index is 489. The maximum Gasteiger partial charge on any atom is 0.313 e. The van der Waals surface area contributed by atoms with Crippen LogP contribution in [0.3, 0.4) is 0 Å². The Kier molecular flexibility index (Phi) is 3.74. The summed E-state index contributed by atoms with van der Waals surface area (Å²) in [5, 5.41) is 13.6. The quantitative estimate of drug-likeness (QED) is 0.883. The number of amides is 1. The van der Waals surface area contributed by atoms with Gasteiger partial charge >= 0.3 is 5.97 Å². The monoisotopic (exact) mass is 333 g/mol. The van der Waals surface area contributed by atoms with E-state index in [1.165, 1.54) is 11.3 Å². The molecule has 1 aliphatic rings. The summed E-state index contributed by atoms with van der Waals surface area (Å²) in [5.74, 6) is -1.24. The molecule has 1 aromatic heterocycles. The number of aliphatic carboxylic acids is 1. The third-order valence-corrected chi connectivity index (χ3v) is 4.58. The molecule has 2 rings (SSSR count). The predicted octanol–water partition coefficient (Wildman–Crippen LogP) is 1.73. The number of rotatable bonds is 3. The van der Waals surface area contributed by atoms with Crippen molar-refractivity contribution >= 4 is 39.1 Å². The van der Waals surface area contributed by atoms with E-state index in [1.54, 1.807) is 18.4 Å². The number of hydrogen-bond donors (Lipinski definition) is 2. The first-order valence-electron chi connectivity index (χ1n) is 5.29. The van der Waals surface area contributed by atoms with Crippen LogP contribution in [0, 0.1) is 5.41 Å². The van der Waals surface area contributed by atoms with Crippen LogP contribution in [0.15, 0.2) is 15.2 Å². The SMILES string of the molecule is CC1(C(=O)O)COCC1NC(=O)c1csc(Br)c1. The fourth-order valence-corrected chi connectivity index (χ4v) is 2.89. The second-order valence-electron chi connectivity index (χ2n) is 4.40. The number of halogens is 1. The summed E-state index contributed by atoms with van der Waals surface area (Å²) in [6.45, 7) is 1.91. The van der Waals surface area contributed by atoms with Crippen molar-refractivity contribution in [1.29, 1.82) is 0 Å². The molecule has 0 saturated carbocycles. The summed E-state index contributed by atoms with van der Waals surface area (Å²) >= 11 is 4.68. The molecule has 0 radical (unpaired) electrons. The topological polar surface area (TPSA) is 75.6 Å². The van der Waals surface area contributed by atoms with Crippen molar-refractivity contribution in [2.24, 2.45) is 5.41 Å². The van der Waals surface area contributed by atoms with Gasteiger partial charge in [-0.2, -0.15) is 0 Å². The van der Waals surface area contributed by atoms with Gasteiger partial charge < -0.3 is 15.2 Å². The average molecular weight is 334 g/mol. The van der Waals surface area contributed by atoms with Crippen molar-refractivity contribution in [3.05, 3.63) is 20.8 Å². The lowest BCUT2D eigenvalue weighted by Crippen LogP contribution is -2.49. The Morgan fingerprint density at radius 1 is 1.67 bits per heavy atom. The molecule has 0 spiro atoms. The maximum atomic E-state index is 12.0. The molecule has 2 unspecified atom stereocenters. The van der Waals surface area contributed by atoms with Gasteiger partial charge in [-0.3, -0.25) is 9.59 Å². The van der Waals surface area contributed by atoms with Gasteiger partial charge in [0, 0.05) is 5.38 Å². The molecule has 0 aromatic carbocycles. The van der Waals surface area contributed by atoms with Crippen LogP contribution in [0.5, 0.6) is 0 Å². The molecule has 98 valence electrons. The highest BCUT2D eigenvalue weighted by Gasteiger charge is 2.47. The van der Waals surface area contributed by atoms with Gasteiger partial charge in [-0.05, 0) is 28.9 Å². The Balaban J connectivity index is 2.10. The van der Waals surface area contributed by atoms with Crippen LogP contribution >= 0.6 is 27.3 Å². The Morgan fingerprint density at radius 3 is 2.94 bits per heavy atom. The number of thiophene rings is 1. The Labute approximate surface area is 116 Å². The molecule has 2 atom stereocenters. The van der Waals surface area contributed by atoms with Gasteiger partial charge in [-0.25, -0.2) is 0 Å². The van der Waals surface area contributed by atoms with Crippen molar-refractivity contribution in [2.75, 3.05) is 13.2 Å². The van der Waals surface area contributed by atoms with Crippen LogP contribution < -0.4 is 5.32 Å². The van der Waals surface area contributed by atoms with Crippen LogP contribution in [0.1, 0.15) is 17.3 Å². The van der Waals surface area contributed by atoms with Crippen LogP contribution in [-0.4, -0.2) is 36.2 Å². The second kappa shape index (κ2) is 4.99. The zero-order valence-corrected chi connectivity index (χ0v) is 12.0. The largest absolute Gasteiger partial charge is 0.481 e. The summed E-state index contributed by atoms with van der Waals surface area (Å²) in [7, 11) is 0. The van der Waals surface area contributed by atoms with Gasteiger partial charge in [0.15, 0.2) is 0 Å². The van der Waals surface area contributed by atoms with Crippen molar-refractivity contribution in [1.82, 2.24) is 5.32 Å². The summed E-state index contributed by atoms with van der Waals surface area (Å²) < 4.78 is 6.03. The molecule has 1 saturated heterocycles. The highest BCUT2D eigenvalue weighted by Crippen LogP contribution is 2.29. The highest BCUT2D eigenvalue weighted by atomic mass is 79.9. The van der Waals surface area contributed by atoms with E-state index in [1.807, 2.05) is 0 Å². The second-order valence-corrected chi connectivity index (χ2v) is 6.69. The summed E-state index contributed by atoms with van der Waals surface area (Å²) in [6, 6.07) is 1.19. The number of nitrogens with one attached hydrogen (secondary N) is 1. The summed E-state index contributed by atoms with van der Waals surface area (Å²) in [5.41, 5.74) is -0.547. The van der Waals surface area contributed by atoms with E-state index in [2.05, 4.69) is 21.2 Å². The van der Waals surface area contributed by atoms with Gasteiger partial charge in [0.05, 0.1) is 28.6 Å². The number of carboxylic acid groups (broad SMARTS) is 1. The molecule has 0 aliphatic carbocycles. The molecule has 1 amide bonds. The Hall–Kier alpha value is -0.920. The van der Waals surface area contributed by atoms with E-state index in [4.69, 9.17) is 4.74 Å². The molecule has 2 heterocycles. The van der Waals surface area contributed by atoms with Crippen LogP contribution in [0.25, 0.3) is 0 Å². The lowest BCUT2D eigenvalue weighted by Gasteiger charge is -2.25. The van der Waals surface area contributed by atoms with Crippen molar-refractivity contribution in [3.63, 3.8) is 0 Å². The average Bonchev–Trinajstić information content (AvgIpc) is 2.87. The first kappa shape index (κ1) is 13.5. The van der Waals surface area contributed by atoms with E-state index in [0.717, 1.165) is 3.79 Å². The van der Waals surface area contributed by atoms with Crippen molar-refractivity contribution < 1.29 is 19.4 Å². The minimum atomic E-state index is -1.07. The molecule has 5 nitrogen and oxygen atoms in total.